The molecule has 0 saturated heterocycles. The fraction of sp³-hybridized carbons (Fsp3) is 0.133. The minimum absolute atomic E-state index is 0.106. The normalized spacial score (nSPS) is 11.5. The fourth-order valence-electron chi connectivity index (χ4n) is 2.05. The largest absolute Gasteiger partial charge is 0.294 e. The Morgan fingerprint density at radius 3 is 2.41 bits per heavy atom. The van der Waals surface area contributed by atoms with Gasteiger partial charge in [-0.05, 0) is 36.2 Å². The number of aryl methyl sites for hydroxylation is 1. The highest BCUT2D eigenvalue weighted by atomic mass is 35.5. The summed E-state index contributed by atoms with van der Waals surface area (Å²) in [5, 5.41) is 0.551. The van der Waals surface area contributed by atoms with Gasteiger partial charge in [0.05, 0.1) is 9.92 Å². The molecule has 0 spiro atoms. The molecule has 0 aliphatic carbocycles. The second-order valence-corrected chi connectivity index (χ2v) is 6.84. The molecule has 7 heteroatoms. The molecule has 0 unspecified atom stereocenters. The van der Waals surface area contributed by atoms with E-state index in [1.807, 2.05) is 0 Å². The molecule has 0 atom stereocenters. The molecule has 0 heterocycles. The fourth-order valence-corrected chi connectivity index (χ4v) is 3.25. The van der Waals surface area contributed by atoms with E-state index >= 15 is 0 Å². The van der Waals surface area contributed by atoms with E-state index in [1.54, 1.807) is 13.0 Å². The van der Waals surface area contributed by atoms with Crippen LogP contribution in [0.5, 0.6) is 0 Å². The topological polar surface area (TPSA) is 71.4 Å². The van der Waals surface area contributed by atoms with E-state index < -0.39 is 15.9 Å². The summed E-state index contributed by atoms with van der Waals surface area (Å²) in [6.45, 7) is 1.75. The lowest BCUT2D eigenvalue weighted by atomic mass is 10.0. The standard InChI is InChI=1S/C15H12Cl2O4S/c1-2-9-3-4-10(7-14(9)22(19,20)21)15(18)12-8-11(16)5-6-13(12)17/h3-8H,2H2,1H3,(H,19,20,21). The molecule has 2 aromatic rings. The number of benzene rings is 2. The Kier molecular flexibility index (Phi) is 4.92. The summed E-state index contributed by atoms with van der Waals surface area (Å²) in [6, 6.07) is 8.58. The number of halogens is 2. The number of carbonyl (C=O) groups excluding carboxylic acids is 1. The Morgan fingerprint density at radius 2 is 1.82 bits per heavy atom. The van der Waals surface area contributed by atoms with Crippen LogP contribution in [-0.2, 0) is 16.5 Å². The average Bonchev–Trinajstić information content (AvgIpc) is 2.47. The highest BCUT2D eigenvalue weighted by Crippen LogP contribution is 2.25. The van der Waals surface area contributed by atoms with Gasteiger partial charge in [0.15, 0.2) is 5.78 Å². The summed E-state index contributed by atoms with van der Waals surface area (Å²) >= 11 is 11.8. The Bertz CT molecular complexity index is 845. The van der Waals surface area contributed by atoms with Crippen LogP contribution in [0.3, 0.4) is 0 Å². The third kappa shape index (κ3) is 3.50. The molecule has 0 aliphatic heterocycles. The van der Waals surface area contributed by atoms with E-state index in [1.165, 1.54) is 24.3 Å². The number of hydrogen-bond acceptors (Lipinski definition) is 3. The van der Waals surface area contributed by atoms with Crippen LogP contribution in [0.2, 0.25) is 10.0 Å². The number of ketones is 1. The van der Waals surface area contributed by atoms with E-state index in [0.717, 1.165) is 6.07 Å². The van der Waals surface area contributed by atoms with Crippen molar-refractivity contribution in [2.75, 3.05) is 0 Å². The van der Waals surface area contributed by atoms with Crippen molar-refractivity contribution < 1.29 is 17.8 Å². The van der Waals surface area contributed by atoms with Gasteiger partial charge in [-0.15, -0.1) is 0 Å². The Hall–Kier alpha value is -1.40. The molecule has 0 amide bonds. The van der Waals surface area contributed by atoms with Crippen molar-refractivity contribution in [3.05, 3.63) is 63.1 Å². The van der Waals surface area contributed by atoms with Crippen molar-refractivity contribution in [2.45, 2.75) is 18.2 Å². The highest BCUT2D eigenvalue weighted by Gasteiger charge is 2.19. The third-order valence-electron chi connectivity index (χ3n) is 3.16. The molecule has 0 aliphatic rings. The van der Waals surface area contributed by atoms with Crippen LogP contribution in [0.25, 0.3) is 0 Å². The number of hydrogen-bond donors (Lipinski definition) is 1. The first kappa shape index (κ1) is 17.0. The maximum atomic E-state index is 12.5. The van der Waals surface area contributed by atoms with Gasteiger partial charge in [0.2, 0.25) is 0 Å². The molecular weight excluding hydrogens is 347 g/mol. The van der Waals surface area contributed by atoms with Gasteiger partial charge in [-0.1, -0.05) is 42.3 Å². The highest BCUT2D eigenvalue weighted by molar-refractivity contribution is 7.85. The van der Waals surface area contributed by atoms with Crippen LogP contribution in [-0.4, -0.2) is 18.8 Å². The summed E-state index contributed by atoms with van der Waals surface area (Å²) in [7, 11) is -4.41. The van der Waals surface area contributed by atoms with Gasteiger partial charge in [0.1, 0.15) is 0 Å². The molecule has 22 heavy (non-hydrogen) atoms. The number of carbonyl (C=O) groups is 1. The second-order valence-electron chi connectivity index (χ2n) is 4.60. The average molecular weight is 359 g/mol. The van der Waals surface area contributed by atoms with Crippen LogP contribution in [0.15, 0.2) is 41.3 Å². The summed E-state index contributed by atoms with van der Waals surface area (Å²) in [4.78, 5) is 12.2. The first-order valence-electron chi connectivity index (χ1n) is 6.34. The smallest absolute Gasteiger partial charge is 0.289 e. The predicted molar refractivity (Wildman–Crippen MR) is 85.5 cm³/mol. The van der Waals surface area contributed by atoms with E-state index in [0.29, 0.717) is 17.0 Å². The van der Waals surface area contributed by atoms with Crippen molar-refractivity contribution in [3.63, 3.8) is 0 Å². The predicted octanol–water partition coefficient (Wildman–Crippen LogP) is 4.03. The molecule has 0 bridgehead atoms. The first-order valence-corrected chi connectivity index (χ1v) is 8.53. The van der Waals surface area contributed by atoms with Gasteiger partial charge < -0.3 is 0 Å². The van der Waals surface area contributed by atoms with Gasteiger partial charge in [-0.3, -0.25) is 9.35 Å². The van der Waals surface area contributed by atoms with Gasteiger partial charge in [-0.2, -0.15) is 8.42 Å². The van der Waals surface area contributed by atoms with E-state index in [2.05, 4.69) is 0 Å². The molecule has 116 valence electrons. The maximum absolute atomic E-state index is 12.5. The van der Waals surface area contributed by atoms with Gasteiger partial charge in [-0.25, -0.2) is 0 Å². The Morgan fingerprint density at radius 1 is 1.14 bits per heavy atom. The van der Waals surface area contributed by atoms with Crippen LogP contribution in [0.4, 0.5) is 0 Å². The van der Waals surface area contributed by atoms with Crippen molar-refractivity contribution in [2.24, 2.45) is 0 Å². The Balaban J connectivity index is 2.58. The molecule has 0 radical (unpaired) electrons. The summed E-state index contributed by atoms with van der Waals surface area (Å²) < 4.78 is 32.2. The molecule has 0 saturated carbocycles. The van der Waals surface area contributed by atoms with Crippen molar-refractivity contribution >= 4 is 39.1 Å². The Labute approximate surface area is 138 Å². The maximum Gasteiger partial charge on any atom is 0.294 e. The monoisotopic (exact) mass is 358 g/mol. The molecule has 0 fully saturated rings. The summed E-state index contributed by atoms with van der Waals surface area (Å²) in [5.41, 5.74) is 0.699. The van der Waals surface area contributed by atoms with Crippen molar-refractivity contribution in [3.8, 4) is 0 Å². The lowest BCUT2D eigenvalue weighted by molar-refractivity contribution is 0.103. The lowest BCUT2D eigenvalue weighted by Crippen LogP contribution is -2.08. The van der Waals surface area contributed by atoms with Gasteiger partial charge >= 0.3 is 0 Å². The molecular formula is C15H12Cl2O4S. The molecule has 2 rings (SSSR count). The first-order chi connectivity index (χ1) is 10.2. The lowest BCUT2D eigenvalue weighted by Gasteiger charge is -2.09. The molecule has 4 nitrogen and oxygen atoms in total. The van der Waals surface area contributed by atoms with Crippen molar-refractivity contribution in [1.82, 2.24) is 0 Å². The zero-order valence-electron chi connectivity index (χ0n) is 11.5. The van der Waals surface area contributed by atoms with E-state index in [4.69, 9.17) is 23.2 Å². The minimum atomic E-state index is -4.41. The van der Waals surface area contributed by atoms with Crippen LogP contribution in [0.1, 0.15) is 28.4 Å². The minimum Gasteiger partial charge on any atom is -0.289 e. The molecule has 1 N–H and O–H groups in total. The zero-order chi connectivity index (χ0) is 16.5. The third-order valence-corrected chi connectivity index (χ3v) is 4.66. The summed E-state index contributed by atoms with van der Waals surface area (Å²) in [5.74, 6) is -0.472. The summed E-state index contributed by atoms with van der Waals surface area (Å²) in [6.07, 6.45) is 0.404. The van der Waals surface area contributed by atoms with Crippen LogP contribution < -0.4 is 0 Å². The van der Waals surface area contributed by atoms with Crippen LogP contribution in [0, 0.1) is 0 Å². The SMILES string of the molecule is CCc1ccc(C(=O)c2cc(Cl)ccc2Cl)cc1S(=O)(=O)O. The van der Waals surface area contributed by atoms with E-state index in [-0.39, 0.29) is 21.0 Å². The van der Waals surface area contributed by atoms with Crippen LogP contribution >= 0.6 is 23.2 Å². The van der Waals surface area contributed by atoms with Crippen molar-refractivity contribution in [1.29, 1.82) is 0 Å². The van der Waals surface area contributed by atoms with Gasteiger partial charge in [0, 0.05) is 16.1 Å². The molecule has 2 aromatic carbocycles. The number of rotatable bonds is 4. The molecule has 0 aromatic heterocycles. The zero-order valence-corrected chi connectivity index (χ0v) is 13.8. The quantitative estimate of drug-likeness (QED) is 0.661. The van der Waals surface area contributed by atoms with Gasteiger partial charge in [0.25, 0.3) is 10.1 Å². The van der Waals surface area contributed by atoms with E-state index in [9.17, 15) is 17.8 Å². The second kappa shape index (κ2) is 6.38.